The molecule has 2 aliphatic heterocycles. The first kappa shape index (κ1) is 13.3. The molecule has 0 aromatic rings. The van der Waals surface area contributed by atoms with Gasteiger partial charge in [0, 0.05) is 37.4 Å². The predicted octanol–water partition coefficient (Wildman–Crippen LogP) is 2.25. The highest BCUT2D eigenvalue weighted by Gasteiger charge is 2.30. The first-order valence-corrected chi connectivity index (χ1v) is 8.01. The minimum absolute atomic E-state index is 0.371. The molecular weight excluding hydrogens is 280 g/mol. The van der Waals surface area contributed by atoms with Gasteiger partial charge in [-0.1, -0.05) is 22.4 Å². The number of amides is 1. The molecule has 1 atom stereocenters. The van der Waals surface area contributed by atoms with Gasteiger partial charge in [-0.25, -0.2) is 0 Å². The van der Waals surface area contributed by atoms with Gasteiger partial charge in [0.15, 0.2) is 0 Å². The van der Waals surface area contributed by atoms with E-state index < -0.39 is 0 Å². The van der Waals surface area contributed by atoms with Gasteiger partial charge in [-0.05, 0) is 32.2 Å². The van der Waals surface area contributed by atoms with Crippen LogP contribution >= 0.6 is 15.9 Å². The fourth-order valence-electron chi connectivity index (χ4n) is 2.91. The molecule has 2 rings (SSSR count). The monoisotopic (exact) mass is 302 g/mol. The van der Waals surface area contributed by atoms with Crippen molar-refractivity contribution in [3.63, 3.8) is 0 Å². The summed E-state index contributed by atoms with van der Waals surface area (Å²) in [6.07, 6.45) is 6.83. The Bertz CT molecular complexity index is 260. The van der Waals surface area contributed by atoms with Crippen molar-refractivity contribution in [2.24, 2.45) is 0 Å². The molecule has 0 bridgehead atoms. The van der Waals surface area contributed by atoms with Crippen molar-refractivity contribution in [3.05, 3.63) is 0 Å². The van der Waals surface area contributed by atoms with E-state index in [4.69, 9.17) is 0 Å². The van der Waals surface area contributed by atoms with Crippen molar-refractivity contribution in [2.75, 3.05) is 31.5 Å². The second-order valence-electron chi connectivity index (χ2n) is 5.17. The van der Waals surface area contributed by atoms with E-state index in [1.54, 1.807) is 0 Å². The first-order chi connectivity index (χ1) is 8.31. The van der Waals surface area contributed by atoms with Gasteiger partial charge in [-0.2, -0.15) is 0 Å². The number of piperidine rings is 1. The van der Waals surface area contributed by atoms with Crippen molar-refractivity contribution in [1.29, 1.82) is 0 Å². The van der Waals surface area contributed by atoms with E-state index in [1.807, 2.05) is 0 Å². The van der Waals surface area contributed by atoms with Crippen LogP contribution in [-0.2, 0) is 4.79 Å². The van der Waals surface area contributed by atoms with Gasteiger partial charge in [0.05, 0.1) is 0 Å². The molecule has 0 N–H and O–H groups in total. The number of hydrogen-bond acceptors (Lipinski definition) is 2. The molecule has 2 fully saturated rings. The Kier molecular flexibility index (Phi) is 5.29. The molecule has 0 spiro atoms. The normalized spacial score (nSPS) is 25.7. The van der Waals surface area contributed by atoms with Crippen LogP contribution in [0.4, 0.5) is 0 Å². The van der Waals surface area contributed by atoms with Crippen molar-refractivity contribution in [3.8, 4) is 0 Å². The highest BCUT2D eigenvalue weighted by atomic mass is 79.9. The first-order valence-electron chi connectivity index (χ1n) is 6.89. The quantitative estimate of drug-likeness (QED) is 0.587. The lowest BCUT2D eigenvalue weighted by Gasteiger charge is -2.44. The number of piperazine rings is 1. The Morgan fingerprint density at radius 2 is 2.06 bits per heavy atom. The minimum atomic E-state index is 0.371. The smallest absolute Gasteiger partial charge is 0.222 e. The van der Waals surface area contributed by atoms with Crippen LogP contribution in [0.1, 0.15) is 38.5 Å². The molecule has 0 radical (unpaired) electrons. The van der Waals surface area contributed by atoms with Gasteiger partial charge < -0.3 is 4.90 Å². The van der Waals surface area contributed by atoms with Gasteiger partial charge in [-0.3, -0.25) is 9.69 Å². The summed E-state index contributed by atoms with van der Waals surface area (Å²) >= 11 is 3.41. The third kappa shape index (κ3) is 3.68. The van der Waals surface area contributed by atoms with Gasteiger partial charge in [-0.15, -0.1) is 0 Å². The Labute approximate surface area is 113 Å². The summed E-state index contributed by atoms with van der Waals surface area (Å²) < 4.78 is 0. The molecule has 0 aromatic carbocycles. The van der Waals surface area contributed by atoms with Crippen LogP contribution in [0.5, 0.6) is 0 Å². The van der Waals surface area contributed by atoms with Crippen LogP contribution in [0.15, 0.2) is 0 Å². The van der Waals surface area contributed by atoms with E-state index in [9.17, 15) is 4.79 Å². The van der Waals surface area contributed by atoms with Crippen molar-refractivity contribution < 1.29 is 4.79 Å². The highest BCUT2D eigenvalue weighted by molar-refractivity contribution is 9.09. The zero-order valence-corrected chi connectivity index (χ0v) is 12.1. The molecule has 2 heterocycles. The Morgan fingerprint density at radius 3 is 2.88 bits per heavy atom. The second-order valence-corrected chi connectivity index (χ2v) is 5.96. The number of hydrogen-bond donors (Lipinski definition) is 0. The highest BCUT2D eigenvalue weighted by Crippen LogP contribution is 2.21. The summed E-state index contributed by atoms with van der Waals surface area (Å²) in [6.45, 7) is 4.27. The van der Waals surface area contributed by atoms with E-state index in [0.29, 0.717) is 11.9 Å². The molecule has 17 heavy (non-hydrogen) atoms. The minimum Gasteiger partial charge on any atom is -0.340 e. The molecule has 3 nitrogen and oxygen atoms in total. The fourth-order valence-corrected chi connectivity index (χ4v) is 3.31. The van der Waals surface area contributed by atoms with Crippen molar-refractivity contribution in [1.82, 2.24) is 9.80 Å². The summed E-state index contributed by atoms with van der Waals surface area (Å²) in [5.41, 5.74) is 0. The molecule has 2 aliphatic rings. The number of carbonyl (C=O) groups excluding carboxylic acids is 1. The lowest BCUT2D eigenvalue weighted by Crippen LogP contribution is -2.56. The maximum Gasteiger partial charge on any atom is 0.222 e. The van der Waals surface area contributed by atoms with Crippen molar-refractivity contribution >= 4 is 21.8 Å². The van der Waals surface area contributed by atoms with Crippen molar-refractivity contribution in [2.45, 2.75) is 44.6 Å². The molecule has 4 heteroatoms. The molecular formula is C13H23BrN2O. The molecule has 2 saturated heterocycles. The van der Waals surface area contributed by atoms with E-state index in [2.05, 4.69) is 25.7 Å². The SMILES string of the molecule is O=C(CCCCBr)N1CCN2CCCCC2C1. The van der Waals surface area contributed by atoms with E-state index in [1.165, 1.54) is 25.8 Å². The Morgan fingerprint density at radius 1 is 1.18 bits per heavy atom. The summed E-state index contributed by atoms with van der Waals surface area (Å²) in [5.74, 6) is 0.371. The van der Waals surface area contributed by atoms with Crippen LogP contribution in [0.2, 0.25) is 0 Å². The van der Waals surface area contributed by atoms with E-state index >= 15 is 0 Å². The number of alkyl halides is 1. The summed E-state index contributed by atoms with van der Waals surface area (Å²) in [7, 11) is 0. The van der Waals surface area contributed by atoms with E-state index in [0.717, 1.165) is 44.2 Å². The number of halogens is 1. The maximum atomic E-state index is 12.0. The predicted molar refractivity (Wildman–Crippen MR) is 73.4 cm³/mol. The lowest BCUT2D eigenvalue weighted by atomic mass is 9.99. The Balaban J connectivity index is 1.76. The Hall–Kier alpha value is -0.0900. The topological polar surface area (TPSA) is 23.6 Å². The van der Waals surface area contributed by atoms with Gasteiger partial charge in [0.1, 0.15) is 0 Å². The van der Waals surface area contributed by atoms with E-state index in [-0.39, 0.29) is 0 Å². The van der Waals surface area contributed by atoms with Crippen LogP contribution in [-0.4, -0.2) is 53.3 Å². The van der Waals surface area contributed by atoms with Crippen LogP contribution < -0.4 is 0 Å². The number of unbranched alkanes of at least 4 members (excludes halogenated alkanes) is 1. The molecule has 1 amide bonds. The van der Waals surface area contributed by atoms with Gasteiger partial charge >= 0.3 is 0 Å². The summed E-state index contributed by atoms with van der Waals surface area (Å²) in [4.78, 5) is 16.7. The average molecular weight is 303 g/mol. The molecule has 0 aromatic heterocycles. The van der Waals surface area contributed by atoms with Crippen LogP contribution in [0.25, 0.3) is 0 Å². The van der Waals surface area contributed by atoms with Gasteiger partial charge in [0.25, 0.3) is 0 Å². The maximum absolute atomic E-state index is 12.0. The number of carbonyl (C=O) groups is 1. The molecule has 1 unspecified atom stereocenters. The zero-order valence-electron chi connectivity index (χ0n) is 10.5. The molecule has 0 aliphatic carbocycles. The molecule has 0 saturated carbocycles. The number of fused-ring (bicyclic) bond motifs is 1. The second kappa shape index (κ2) is 6.74. The standard InChI is InChI=1S/C13H23BrN2O/c14-7-3-1-6-13(17)16-10-9-15-8-4-2-5-12(15)11-16/h12H,1-11H2. The summed E-state index contributed by atoms with van der Waals surface area (Å²) in [6, 6.07) is 0.651. The van der Waals surface area contributed by atoms with Gasteiger partial charge in [0.2, 0.25) is 5.91 Å². The van der Waals surface area contributed by atoms with Crippen LogP contribution in [0, 0.1) is 0 Å². The number of rotatable bonds is 4. The zero-order chi connectivity index (χ0) is 12.1. The van der Waals surface area contributed by atoms with Crippen LogP contribution in [0.3, 0.4) is 0 Å². The number of nitrogens with zero attached hydrogens (tertiary/aromatic N) is 2. The summed E-state index contributed by atoms with van der Waals surface area (Å²) in [5, 5.41) is 1.01. The third-order valence-corrected chi connectivity index (χ3v) is 4.53. The lowest BCUT2D eigenvalue weighted by molar-refractivity contribution is -0.134. The molecule has 98 valence electrons. The average Bonchev–Trinajstić information content (AvgIpc) is 2.38. The fraction of sp³-hybridized carbons (Fsp3) is 0.923. The largest absolute Gasteiger partial charge is 0.340 e. The third-order valence-electron chi connectivity index (χ3n) is 3.96.